The number of nitrogens with one attached hydrogen (secondary N) is 1. The smallest absolute Gasteiger partial charge is 0.338 e. The number of esters is 2. The molecule has 41 heavy (non-hydrogen) atoms. The lowest BCUT2D eigenvalue weighted by molar-refractivity contribution is -0.149. The number of nitrogen functional groups attached to an aromatic ring is 1. The number of carbonyl (C=O) groups excluding carboxylic acids is 2. The van der Waals surface area contributed by atoms with Gasteiger partial charge >= 0.3 is 11.9 Å². The molecule has 0 aliphatic carbocycles. The summed E-state index contributed by atoms with van der Waals surface area (Å²) >= 11 is 0. The molecule has 0 amide bonds. The SMILES string of the molecule is CCCOC(=O)C(C)(C)NP(=O)(COC(C)Cn1cnc2c(N)ncnc21)OCc1cccc(C(=O)OC(C)C)c1. The third kappa shape index (κ3) is 9.06. The van der Waals surface area contributed by atoms with Crippen LogP contribution in [0.15, 0.2) is 36.9 Å². The van der Waals surface area contributed by atoms with Gasteiger partial charge in [-0.2, -0.15) is 0 Å². The predicted molar refractivity (Wildman–Crippen MR) is 153 cm³/mol. The fraction of sp³-hybridized carbons (Fsp3) is 0.519. The second kappa shape index (κ2) is 14.0. The fourth-order valence-corrected chi connectivity index (χ4v) is 5.74. The average Bonchev–Trinajstić information content (AvgIpc) is 3.33. The minimum absolute atomic E-state index is 0.118. The van der Waals surface area contributed by atoms with Crippen LogP contribution in [-0.2, 0) is 41.2 Å². The summed E-state index contributed by atoms with van der Waals surface area (Å²) in [4.78, 5) is 37.5. The number of rotatable bonds is 15. The first-order valence-corrected chi connectivity index (χ1v) is 15.2. The molecule has 0 aliphatic heterocycles. The van der Waals surface area contributed by atoms with Crippen molar-refractivity contribution in [2.75, 3.05) is 18.7 Å². The Morgan fingerprint density at radius 3 is 2.63 bits per heavy atom. The zero-order chi connectivity index (χ0) is 30.2. The van der Waals surface area contributed by atoms with Gasteiger partial charge in [0.15, 0.2) is 11.5 Å². The number of carbonyl (C=O) groups is 2. The van der Waals surface area contributed by atoms with Crippen molar-refractivity contribution in [3.63, 3.8) is 0 Å². The number of fused-ring (bicyclic) bond motifs is 1. The van der Waals surface area contributed by atoms with Crippen molar-refractivity contribution in [1.29, 1.82) is 0 Å². The molecule has 3 aromatic rings. The minimum Gasteiger partial charge on any atom is -0.464 e. The molecule has 1 aromatic carbocycles. The highest BCUT2D eigenvalue weighted by Gasteiger charge is 2.38. The van der Waals surface area contributed by atoms with Gasteiger partial charge in [0.25, 0.3) is 7.52 Å². The van der Waals surface area contributed by atoms with E-state index in [1.54, 1.807) is 69.8 Å². The van der Waals surface area contributed by atoms with E-state index in [0.29, 0.717) is 35.3 Å². The van der Waals surface area contributed by atoms with Crippen molar-refractivity contribution in [2.24, 2.45) is 0 Å². The Hall–Kier alpha value is -3.38. The van der Waals surface area contributed by atoms with Gasteiger partial charge in [-0.15, -0.1) is 0 Å². The lowest BCUT2D eigenvalue weighted by atomic mass is 10.1. The molecule has 2 heterocycles. The highest BCUT2D eigenvalue weighted by Crippen LogP contribution is 2.46. The van der Waals surface area contributed by atoms with Gasteiger partial charge in [0, 0.05) is 0 Å². The third-order valence-corrected chi connectivity index (χ3v) is 7.69. The highest BCUT2D eigenvalue weighted by atomic mass is 31.2. The molecule has 14 heteroatoms. The first-order chi connectivity index (χ1) is 19.3. The van der Waals surface area contributed by atoms with Crippen molar-refractivity contribution >= 4 is 36.4 Å². The summed E-state index contributed by atoms with van der Waals surface area (Å²) < 4.78 is 38.3. The minimum atomic E-state index is -3.81. The summed E-state index contributed by atoms with van der Waals surface area (Å²) in [5.41, 5.74) is 6.48. The van der Waals surface area contributed by atoms with E-state index in [1.165, 1.54) is 6.33 Å². The maximum absolute atomic E-state index is 14.1. The van der Waals surface area contributed by atoms with Crippen LogP contribution in [0.1, 0.15) is 63.9 Å². The van der Waals surface area contributed by atoms with Crippen molar-refractivity contribution in [3.05, 3.63) is 48.0 Å². The predicted octanol–water partition coefficient (Wildman–Crippen LogP) is 4.07. The molecule has 0 fully saturated rings. The number of nitrogens with zero attached hydrogens (tertiary/aromatic N) is 4. The number of imidazole rings is 1. The van der Waals surface area contributed by atoms with Crippen LogP contribution >= 0.6 is 7.52 Å². The normalized spacial score (nSPS) is 14.1. The average molecular weight is 591 g/mol. The molecule has 3 N–H and O–H groups in total. The Bertz CT molecular complexity index is 1390. The summed E-state index contributed by atoms with van der Waals surface area (Å²) in [6.45, 7) is 10.8. The standard InChI is InChI=1S/C27H39N6O7P/c1-7-11-37-26(35)27(5,6)32-41(36,39-14-20-9-8-10-21(12-20)25(34)40-18(2)3)17-38-19(4)13-33-16-31-22-23(28)29-15-30-24(22)33/h8-10,12,15-16,18-19H,7,11,13-14,17H2,1-6H3,(H,32,36)(H2,28,29,30). The molecular formula is C27H39N6O7P. The summed E-state index contributed by atoms with van der Waals surface area (Å²) in [5.74, 6) is -0.779. The van der Waals surface area contributed by atoms with Gasteiger partial charge in [-0.3, -0.25) is 9.36 Å². The summed E-state index contributed by atoms with van der Waals surface area (Å²) in [6.07, 6.45) is 2.50. The van der Waals surface area contributed by atoms with Crippen LogP contribution in [0, 0.1) is 0 Å². The largest absolute Gasteiger partial charge is 0.464 e. The molecule has 2 aromatic heterocycles. The van der Waals surface area contributed by atoms with Crippen molar-refractivity contribution < 1.29 is 32.9 Å². The van der Waals surface area contributed by atoms with E-state index in [9.17, 15) is 14.2 Å². The zero-order valence-electron chi connectivity index (χ0n) is 24.3. The number of hydrogen-bond donors (Lipinski definition) is 2. The van der Waals surface area contributed by atoms with E-state index in [4.69, 9.17) is 24.5 Å². The highest BCUT2D eigenvalue weighted by molar-refractivity contribution is 7.56. The number of nitrogens with two attached hydrogens (primary N) is 1. The molecule has 2 atom stereocenters. The molecule has 0 radical (unpaired) electrons. The molecular weight excluding hydrogens is 551 g/mol. The quantitative estimate of drug-likeness (QED) is 0.192. The number of ether oxygens (including phenoxy) is 3. The maximum atomic E-state index is 14.1. The Morgan fingerprint density at radius 1 is 1.17 bits per heavy atom. The number of aromatic nitrogens is 4. The first kappa shape index (κ1) is 32.1. The monoisotopic (exact) mass is 590 g/mol. The summed E-state index contributed by atoms with van der Waals surface area (Å²) in [5, 5.41) is 2.85. The fourth-order valence-electron chi connectivity index (χ4n) is 3.78. The molecule has 0 spiro atoms. The van der Waals surface area contributed by atoms with E-state index in [0.717, 1.165) is 0 Å². The molecule has 2 unspecified atom stereocenters. The van der Waals surface area contributed by atoms with E-state index in [1.807, 2.05) is 6.92 Å². The molecule has 3 rings (SSSR count). The van der Waals surface area contributed by atoms with Crippen molar-refractivity contribution in [3.8, 4) is 0 Å². The summed E-state index contributed by atoms with van der Waals surface area (Å²) in [7, 11) is -3.81. The van der Waals surface area contributed by atoms with Crippen LogP contribution in [0.2, 0.25) is 0 Å². The van der Waals surface area contributed by atoms with Gasteiger partial charge in [0.2, 0.25) is 0 Å². The lowest BCUT2D eigenvalue weighted by Crippen LogP contribution is -2.47. The van der Waals surface area contributed by atoms with Crippen LogP contribution in [-0.4, -0.2) is 62.2 Å². The number of hydrogen-bond acceptors (Lipinski definition) is 11. The Morgan fingerprint density at radius 2 is 1.93 bits per heavy atom. The van der Waals surface area contributed by atoms with Gasteiger partial charge in [-0.1, -0.05) is 19.1 Å². The Balaban J connectivity index is 1.75. The molecule has 13 nitrogen and oxygen atoms in total. The molecule has 0 saturated heterocycles. The third-order valence-electron chi connectivity index (χ3n) is 5.75. The Kier molecular flexibility index (Phi) is 11.0. The maximum Gasteiger partial charge on any atom is 0.338 e. The topological polar surface area (TPSA) is 170 Å². The lowest BCUT2D eigenvalue weighted by Gasteiger charge is -2.30. The van der Waals surface area contributed by atoms with Crippen LogP contribution < -0.4 is 10.8 Å². The van der Waals surface area contributed by atoms with Gasteiger partial charge < -0.3 is 29.0 Å². The van der Waals surface area contributed by atoms with E-state index in [-0.39, 0.29) is 31.5 Å². The molecule has 0 saturated carbocycles. The van der Waals surface area contributed by atoms with Gasteiger partial charge in [0.1, 0.15) is 23.7 Å². The van der Waals surface area contributed by atoms with E-state index in [2.05, 4.69) is 20.0 Å². The van der Waals surface area contributed by atoms with Crippen LogP contribution in [0.25, 0.3) is 11.2 Å². The second-order valence-electron chi connectivity index (χ2n) is 10.4. The Labute approximate surface area is 239 Å². The van der Waals surface area contributed by atoms with Gasteiger partial charge in [-0.05, 0) is 58.7 Å². The summed E-state index contributed by atoms with van der Waals surface area (Å²) in [6, 6.07) is 6.65. The molecule has 224 valence electrons. The van der Waals surface area contributed by atoms with E-state index < -0.39 is 31.1 Å². The second-order valence-corrected chi connectivity index (χ2v) is 12.5. The van der Waals surface area contributed by atoms with Gasteiger partial charge in [-0.25, -0.2) is 24.8 Å². The number of benzene rings is 1. The zero-order valence-corrected chi connectivity index (χ0v) is 25.2. The van der Waals surface area contributed by atoms with Crippen molar-refractivity contribution in [2.45, 2.75) is 78.9 Å². The van der Waals surface area contributed by atoms with Crippen LogP contribution in [0.4, 0.5) is 5.82 Å². The van der Waals surface area contributed by atoms with Crippen LogP contribution in [0.5, 0.6) is 0 Å². The van der Waals surface area contributed by atoms with Gasteiger partial charge in [0.05, 0.1) is 43.9 Å². The molecule has 0 bridgehead atoms. The first-order valence-electron chi connectivity index (χ1n) is 13.4. The molecule has 0 aliphatic rings. The van der Waals surface area contributed by atoms with Crippen molar-refractivity contribution in [1.82, 2.24) is 24.6 Å². The van der Waals surface area contributed by atoms with Crippen LogP contribution in [0.3, 0.4) is 0 Å². The van der Waals surface area contributed by atoms with E-state index >= 15 is 0 Å². The number of anilines is 1.